The van der Waals surface area contributed by atoms with Gasteiger partial charge in [0.15, 0.2) is 0 Å². The molecule has 0 atom stereocenters. The highest BCUT2D eigenvalue weighted by atomic mass is 79.9. The summed E-state index contributed by atoms with van der Waals surface area (Å²) in [6.07, 6.45) is 3.23. The molecule has 3 N–H and O–H groups in total. The van der Waals surface area contributed by atoms with Crippen molar-refractivity contribution in [2.75, 3.05) is 0 Å². The van der Waals surface area contributed by atoms with Crippen molar-refractivity contribution in [2.24, 2.45) is 5.73 Å². The van der Waals surface area contributed by atoms with Crippen LogP contribution in [0.4, 0.5) is 4.39 Å². The maximum Gasteiger partial charge on any atom is 0.135 e. The van der Waals surface area contributed by atoms with Gasteiger partial charge in [0, 0.05) is 11.1 Å². The SMILES string of the molecule is Cc1cc(Br)c(O)c(CCC2(N)CC2)c1F. The van der Waals surface area contributed by atoms with Gasteiger partial charge >= 0.3 is 0 Å². The highest BCUT2D eigenvalue weighted by Gasteiger charge is 2.37. The Bertz CT molecular complexity index is 403. The van der Waals surface area contributed by atoms with Gasteiger partial charge in [0.1, 0.15) is 11.6 Å². The minimum Gasteiger partial charge on any atom is -0.506 e. The number of hydrogen-bond donors (Lipinski definition) is 2. The van der Waals surface area contributed by atoms with Crippen LogP contribution >= 0.6 is 15.9 Å². The average molecular weight is 288 g/mol. The van der Waals surface area contributed by atoms with Crippen LogP contribution in [0.5, 0.6) is 5.75 Å². The molecule has 0 aromatic heterocycles. The van der Waals surface area contributed by atoms with E-state index in [2.05, 4.69) is 15.9 Å². The van der Waals surface area contributed by atoms with Gasteiger partial charge in [0.05, 0.1) is 4.47 Å². The van der Waals surface area contributed by atoms with Gasteiger partial charge in [-0.1, -0.05) is 0 Å². The highest BCUT2D eigenvalue weighted by Crippen LogP contribution is 2.39. The Kier molecular flexibility index (Phi) is 2.97. The molecule has 0 bridgehead atoms. The molecule has 0 radical (unpaired) electrons. The normalized spacial score (nSPS) is 17.5. The van der Waals surface area contributed by atoms with Crippen LogP contribution in [0.3, 0.4) is 0 Å². The maximum atomic E-state index is 13.8. The van der Waals surface area contributed by atoms with Crippen molar-refractivity contribution in [3.8, 4) is 5.75 Å². The van der Waals surface area contributed by atoms with E-state index in [9.17, 15) is 9.50 Å². The lowest BCUT2D eigenvalue weighted by Crippen LogP contribution is -2.22. The van der Waals surface area contributed by atoms with Gasteiger partial charge < -0.3 is 10.8 Å². The summed E-state index contributed by atoms with van der Waals surface area (Å²) < 4.78 is 14.4. The summed E-state index contributed by atoms with van der Waals surface area (Å²) in [4.78, 5) is 0. The molecule has 0 aliphatic heterocycles. The summed E-state index contributed by atoms with van der Waals surface area (Å²) in [5.41, 5.74) is 6.76. The maximum absolute atomic E-state index is 13.8. The number of hydrogen-bond acceptors (Lipinski definition) is 2. The molecule has 1 fully saturated rings. The van der Waals surface area contributed by atoms with E-state index in [0.717, 1.165) is 19.3 Å². The van der Waals surface area contributed by atoms with Gasteiger partial charge in [-0.05, 0) is 60.2 Å². The first kappa shape index (κ1) is 11.9. The third-order valence-corrected chi connectivity index (χ3v) is 3.84. The summed E-state index contributed by atoms with van der Waals surface area (Å²) in [7, 11) is 0. The highest BCUT2D eigenvalue weighted by molar-refractivity contribution is 9.10. The van der Waals surface area contributed by atoms with Gasteiger partial charge in [-0.3, -0.25) is 0 Å². The van der Waals surface area contributed by atoms with Gasteiger partial charge in [0.2, 0.25) is 0 Å². The fraction of sp³-hybridized carbons (Fsp3) is 0.500. The number of phenols is 1. The third kappa shape index (κ3) is 2.23. The number of aryl methyl sites for hydroxylation is 1. The zero-order chi connectivity index (χ0) is 11.9. The van der Waals surface area contributed by atoms with E-state index in [1.54, 1.807) is 13.0 Å². The Labute approximate surface area is 103 Å². The Balaban J connectivity index is 2.24. The second-order valence-corrected chi connectivity index (χ2v) is 5.53. The fourth-order valence-corrected chi connectivity index (χ4v) is 2.40. The second-order valence-electron chi connectivity index (χ2n) is 4.68. The molecule has 1 aromatic carbocycles. The number of rotatable bonds is 3. The van der Waals surface area contributed by atoms with Crippen LogP contribution in [0.25, 0.3) is 0 Å². The second kappa shape index (κ2) is 4.00. The monoisotopic (exact) mass is 287 g/mol. The zero-order valence-electron chi connectivity index (χ0n) is 9.19. The summed E-state index contributed by atoms with van der Waals surface area (Å²) in [6, 6.07) is 1.59. The molecule has 2 rings (SSSR count). The molecule has 1 aliphatic rings. The van der Waals surface area contributed by atoms with Crippen molar-refractivity contribution in [1.29, 1.82) is 0 Å². The molecule has 0 saturated heterocycles. The summed E-state index contributed by atoms with van der Waals surface area (Å²) in [5, 5.41) is 9.79. The van der Waals surface area contributed by atoms with Crippen LogP contribution in [-0.2, 0) is 6.42 Å². The smallest absolute Gasteiger partial charge is 0.135 e. The Morgan fingerprint density at radius 2 is 2.19 bits per heavy atom. The first-order chi connectivity index (χ1) is 7.43. The summed E-state index contributed by atoms with van der Waals surface area (Å²) >= 11 is 3.22. The van der Waals surface area contributed by atoms with E-state index in [1.807, 2.05) is 0 Å². The first-order valence-corrected chi connectivity index (χ1v) is 6.17. The van der Waals surface area contributed by atoms with Crippen LogP contribution in [0.1, 0.15) is 30.4 Å². The topological polar surface area (TPSA) is 46.2 Å². The van der Waals surface area contributed by atoms with E-state index < -0.39 is 0 Å². The lowest BCUT2D eigenvalue weighted by Gasteiger charge is -2.12. The number of benzene rings is 1. The minimum absolute atomic E-state index is 0.00681. The predicted octanol–water partition coefficient (Wildman–Crippen LogP) is 3.03. The van der Waals surface area contributed by atoms with Crippen molar-refractivity contribution in [2.45, 2.75) is 38.1 Å². The molecule has 16 heavy (non-hydrogen) atoms. The largest absolute Gasteiger partial charge is 0.506 e. The standard InChI is InChI=1S/C12H15BrFNO/c1-7-6-9(13)11(16)8(10(7)14)2-3-12(15)4-5-12/h6,16H,2-5,15H2,1H3. The number of phenolic OH excluding ortho intramolecular Hbond substituents is 1. The molecule has 1 saturated carbocycles. The Morgan fingerprint density at radius 1 is 1.56 bits per heavy atom. The van der Waals surface area contributed by atoms with Crippen LogP contribution < -0.4 is 5.73 Å². The number of halogens is 2. The van der Waals surface area contributed by atoms with Crippen LogP contribution in [0.2, 0.25) is 0 Å². The van der Waals surface area contributed by atoms with Gasteiger partial charge in [0.25, 0.3) is 0 Å². The molecule has 2 nitrogen and oxygen atoms in total. The fourth-order valence-electron chi connectivity index (χ4n) is 1.82. The van der Waals surface area contributed by atoms with E-state index in [0.29, 0.717) is 22.0 Å². The molecule has 4 heteroatoms. The van der Waals surface area contributed by atoms with E-state index >= 15 is 0 Å². The Hall–Kier alpha value is -0.610. The van der Waals surface area contributed by atoms with Crippen molar-refractivity contribution < 1.29 is 9.50 Å². The molecule has 0 unspecified atom stereocenters. The first-order valence-electron chi connectivity index (χ1n) is 5.38. The van der Waals surface area contributed by atoms with E-state index in [4.69, 9.17) is 5.73 Å². The van der Waals surface area contributed by atoms with Crippen molar-refractivity contribution in [3.63, 3.8) is 0 Å². The average Bonchev–Trinajstić information content (AvgIpc) is 2.94. The minimum atomic E-state index is -0.315. The zero-order valence-corrected chi connectivity index (χ0v) is 10.8. The van der Waals surface area contributed by atoms with Crippen LogP contribution in [-0.4, -0.2) is 10.6 Å². The summed E-state index contributed by atoms with van der Waals surface area (Å²) in [5.74, 6) is -0.308. The number of aromatic hydroxyl groups is 1. The molecular formula is C12H15BrFNO. The van der Waals surface area contributed by atoms with Crippen molar-refractivity contribution in [1.82, 2.24) is 0 Å². The molecule has 0 heterocycles. The number of nitrogens with two attached hydrogens (primary N) is 1. The molecule has 0 spiro atoms. The summed E-state index contributed by atoms with van der Waals surface area (Å²) in [6.45, 7) is 1.69. The van der Waals surface area contributed by atoms with E-state index in [1.165, 1.54) is 0 Å². The lowest BCUT2D eigenvalue weighted by atomic mass is 10.0. The third-order valence-electron chi connectivity index (χ3n) is 3.23. The predicted molar refractivity (Wildman–Crippen MR) is 65.0 cm³/mol. The van der Waals surface area contributed by atoms with Gasteiger partial charge in [-0.15, -0.1) is 0 Å². The van der Waals surface area contributed by atoms with Crippen LogP contribution in [0, 0.1) is 12.7 Å². The molecule has 1 aliphatic carbocycles. The Morgan fingerprint density at radius 3 is 2.75 bits per heavy atom. The quantitative estimate of drug-likeness (QED) is 0.898. The van der Waals surface area contributed by atoms with Crippen molar-refractivity contribution >= 4 is 15.9 Å². The van der Waals surface area contributed by atoms with Crippen molar-refractivity contribution in [3.05, 3.63) is 27.5 Å². The van der Waals surface area contributed by atoms with Crippen LogP contribution in [0.15, 0.2) is 10.5 Å². The molecule has 1 aromatic rings. The van der Waals surface area contributed by atoms with Gasteiger partial charge in [-0.2, -0.15) is 0 Å². The molecule has 0 amide bonds. The van der Waals surface area contributed by atoms with Gasteiger partial charge in [-0.25, -0.2) is 4.39 Å². The van der Waals surface area contributed by atoms with E-state index in [-0.39, 0.29) is 17.1 Å². The molecule has 88 valence electrons. The lowest BCUT2D eigenvalue weighted by molar-refractivity contribution is 0.449. The molecular weight excluding hydrogens is 273 g/mol.